The van der Waals surface area contributed by atoms with Crippen molar-refractivity contribution in [2.45, 2.75) is 40.3 Å². The van der Waals surface area contributed by atoms with E-state index in [0.29, 0.717) is 6.42 Å². The van der Waals surface area contributed by atoms with Gasteiger partial charge in [0.05, 0.1) is 5.57 Å². The molecule has 0 aromatic rings. The highest BCUT2D eigenvalue weighted by molar-refractivity contribution is 5.38. The van der Waals surface area contributed by atoms with Gasteiger partial charge in [0.15, 0.2) is 0 Å². The molecule has 0 aliphatic heterocycles. The minimum Gasteiger partial charge on any atom is -0.309 e. The van der Waals surface area contributed by atoms with E-state index in [-0.39, 0.29) is 11.3 Å². The lowest BCUT2D eigenvalue weighted by Gasteiger charge is -2.32. The quantitative estimate of drug-likeness (QED) is 0.501. The summed E-state index contributed by atoms with van der Waals surface area (Å²) in [5.41, 5.74) is 2.55. The highest BCUT2D eigenvalue weighted by Crippen LogP contribution is 2.36. The lowest BCUT2D eigenvalue weighted by atomic mass is 9.78. The predicted octanol–water partition coefficient (Wildman–Crippen LogP) is 6.09. The molecule has 4 heteroatoms. The van der Waals surface area contributed by atoms with Crippen LogP contribution in [0.25, 0.3) is 0 Å². The Morgan fingerprint density at radius 1 is 1.12 bits per heavy atom. The number of halogens is 3. The van der Waals surface area contributed by atoms with Gasteiger partial charge in [0.1, 0.15) is 0 Å². The van der Waals surface area contributed by atoms with E-state index in [1.807, 2.05) is 14.1 Å². The van der Waals surface area contributed by atoms with Crippen molar-refractivity contribution in [3.63, 3.8) is 0 Å². The Balaban J connectivity index is 3.22. The van der Waals surface area contributed by atoms with E-state index in [4.69, 9.17) is 0 Å². The number of allylic oxidation sites excluding steroid dienone is 8. The fourth-order valence-corrected chi connectivity index (χ4v) is 3.26. The van der Waals surface area contributed by atoms with Gasteiger partial charge in [-0.2, -0.15) is 13.2 Å². The van der Waals surface area contributed by atoms with E-state index >= 15 is 0 Å². The topological polar surface area (TPSA) is 3.24 Å². The molecule has 0 aromatic carbocycles. The second-order valence-corrected chi connectivity index (χ2v) is 7.70. The van der Waals surface area contributed by atoms with Crippen LogP contribution in [0.3, 0.4) is 0 Å². The van der Waals surface area contributed by atoms with Crippen molar-refractivity contribution in [2.24, 2.45) is 11.3 Å². The molecule has 25 heavy (non-hydrogen) atoms. The maximum Gasteiger partial charge on any atom is 0.416 e. The Morgan fingerprint density at radius 3 is 2.04 bits per heavy atom. The maximum atomic E-state index is 13.0. The first-order valence-electron chi connectivity index (χ1n) is 8.49. The van der Waals surface area contributed by atoms with Crippen LogP contribution >= 0.6 is 0 Å². The van der Waals surface area contributed by atoms with E-state index < -0.39 is 11.7 Å². The van der Waals surface area contributed by atoms with Crippen molar-refractivity contribution >= 4 is 0 Å². The molecule has 0 aromatic heterocycles. The minimum atomic E-state index is -4.38. The third-order valence-electron chi connectivity index (χ3n) is 4.60. The molecular weight excluding hydrogens is 323 g/mol. The van der Waals surface area contributed by atoms with Crippen molar-refractivity contribution < 1.29 is 13.2 Å². The first-order chi connectivity index (χ1) is 11.4. The van der Waals surface area contributed by atoms with Crippen LogP contribution in [0.4, 0.5) is 13.2 Å². The molecule has 1 nitrogen and oxygen atoms in total. The molecular formula is C21H30F3N. The van der Waals surface area contributed by atoms with Crippen LogP contribution in [-0.4, -0.2) is 31.7 Å². The highest BCUT2D eigenvalue weighted by atomic mass is 19.4. The average Bonchev–Trinajstić information content (AvgIpc) is 2.73. The average molecular weight is 353 g/mol. The first-order valence-corrected chi connectivity index (χ1v) is 8.49. The van der Waals surface area contributed by atoms with Crippen LogP contribution in [0.15, 0.2) is 59.3 Å². The maximum absolute atomic E-state index is 13.0. The van der Waals surface area contributed by atoms with Gasteiger partial charge in [-0.05, 0) is 45.7 Å². The Bertz CT molecular complexity index is 596. The van der Waals surface area contributed by atoms with E-state index in [0.717, 1.165) is 24.3 Å². The van der Waals surface area contributed by atoms with Crippen LogP contribution in [0.5, 0.6) is 0 Å². The zero-order chi connectivity index (χ0) is 19.4. The molecule has 140 valence electrons. The Kier molecular flexibility index (Phi) is 7.07. The van der Waals surface area contributed by atoms with Crippen LogP contribution in [0.2, 0.25) is 0 Å². The molecule has 0 heterocycles. The molecule has 0 atom stereocenters. The van der Waals surface area contributed by atoms with Crippen LogP contribution in [0, 0.1) is 11.3 Å². The molecule has 0 fully saturated rings. The summed E-state index contributed by atoms with van der Waals surface area (Å²) in [7, 11) is 3.95. The predicted molar refractivity (Wildman–Crippen MR) is 100 cm³/mol. The second-order valence-electron chi connectivity index (χ2n) is 7.70. The lowest BCUT2D eigenvalue weighted by Crippen LogP contribution is -2.30. The smallest absolute Gasteiger partial charge is 0.309 e. The number of hydrogen-bond acceptors (Lipinski definition) is 1. The van der Waals surface area contributed by atoms with Crippen LogP contribution in [-0.2, 0) is 0 Å². The summed E-state index contributed by atoms with van der Waals surface area (Å²) < 4.78 is 39.0. The lowest BCUT2D eigenvalue weighted by molar-refractivity contribution is -0.0881. The van der Waals surface area contributed by atoms with Crippen molar-refractivity contribution in [2.75, 3.05) is 20.6 Å². The van der Waals surface area contributed by atoms with Gasteiger partial charge < -0.3 is 4.90 Å². The summed E-state index contributed by atoms with van der Waals surface area (Å²) in [4.78, 5) is 2.06. The standard InChI is InChI=1S/C21H30F3N/c1-8-18(21(22,23)24)9-10-19(20(4,5)14-25(6)7)13-17-11-15(2)16(3)12-17/h8-12,17H,1,13-14H2,2-7H3/b18-9+,19-10+. The largest absolute Gasteiger partial charge is 0.416 e. The Labute approximate surface area is 150 Å². The van der Waals surface area contributed by atoms with E-state index in [1.54, 1.807) is 6.08 Å². The molecule has 0 N–H and O–H groups in total. The zero-order valence-corrected chi connectivity index (χ0v) is 16.2. The van der Waals surface area contributed by atoms with Gasteiger partial charge in [-0.15, -0.1) is 0 Å². The van der Waals surface area contributed by atoms with E-state index in [2.05, 4.69) is 51.3 Å². The Hall–Kier alpha value is -1.55. The summed E-state index contributed by atoms with van der Waals surface area (Å²) >= 11 is 0. The van der Waals surface area contributed by atoms with Gasteiger partial charge in [0.25, 0.3) is 0 Å². The van der Waals surface area contributed by atoms with E-state index in [1.165, 1.54) is 11.1 Å². The molecule has 0 saturated heterocycles. The third kappa shape index (κ3) is 6.35. The fourth-order valence-electron chi connectivity index (χ4n) is 3.26. The molecule has 1 aliphatic carbocycles. The Morgan fingerprint density at radius 2 is 1.64 bits per heavy atom. The van der Waals surface area contributed by atoms with Gasteiger partial charge >= 0.3 is 6.18 Å². The number of alkyl halides is 3. The van der Waals surface area contributed by atoms with Gasteiger partial charge in [-0.25, -0.2) is 0 Å². The van der Waals surface area contributed by atoms with Gasteiger partial charge in [0.2, 0.25) is 0 Å². The van der Waals surface area contributed by atoms with Crippen LogP contribution < -0.4 is 0 Å². The van der Waals surface area contributed by atoms with Crippen molar-refractivity contribution in [1.82, 2.24) is 4.90 Å². The summed E-state index contributed by atoms with van der Waals surface area (Å²) in [6, 6.07) is 0. The molecule has 0 unspecified atom stereocenters. The highest BCUT2D eigenvalue weighted by Gasteiger charge is 2.31. The monoisotopic (exact) mass is 353 g/mol. The third-order valence-corrected chi connectivity index (χ3v) is 4.60. The number of rotatable bonds is 7. The van der Waals surface area contributed by atoms with Crippen molar-refractivity contribution in [1.29, 1.82) is 0 Å². The number of hydrogen-bond donors (Lipinski definition) is 0. The number of nitrogens with zero attached hydrogens (tertiary/aromatic N) is 1. The molecule has 0 radical (unpaired) electrons. The summed E-state index contributed by atoms with van der Waals surface area (Å²) in [5.74, 6) is 0.235. The molecule has 0 amide bonds. The SMILES string of the molecule is C=C/C(=C\C=C(/CC1C=C(C)C(C)=C1)C(C)(C)CN(C)C)C(F)(F)F. The molecule has 0 spiro atoms. The summed E-state index contributed by atoms with van der Waals surface area (Å²) in [6.07, 6.45) is 4.38. The van der Waals surface area contributed by atoms with Gasteiger partial charge in [-0.3, -0.25) is 0 Å². The van der Waals surface area contributed by atoms with Gasteiger partial charge in [-0.1, -0.05) is 67.5 Å². The fraction of sp³-hybridized carbons (Fsp3) is 0.524. The van der Waals surface area contributed by atoms with Crippen LogP contribution in [0.1, 0.15) is 34.1 Å². The zero-order valence-electron chi connectivity index (χ0n) is 16.2. The second kappa shape index (κ2) is 8.22. The molecule has 1 rings (SSSR count). The van der Waals surface area contributed by atoms with Crippen molar-refractivity contribution in [3.8, 4) is 0 Å². The summed E-state index contributed by atoms with van der Waals surface area (Å²) in [5, 5.41) is 0. The molecule has 0 bridgehead atoms. The molecule has 0 saturated carbocycles. The minimum absolute atomic E-state index is 0.232. The van der Waals surface area contributed by atoms with Crippen molar-refractivity contribution in [3.05, 3.63) is 59.3 Å². The normalized spacial score (nSPS) is 17.8. The molecule has 1 aliphatic rings. The summed E-state index contributed by atoms with van der Waals surface area (Å²) in [6.45, 7) is 12.4. The first kappa shape index (κ1) is 21.5. The van der Waals surface area contributed by atoms with Gasteiger partial charge in [0, 0.05) is 6.54 Å². The van der Waals surface area contributed by atoms with E-state index in [9.17, 15) is 13.2 Å².